The van der Waals surface area contributed by atoms with Gasteiger partial charge in [0.15, 0.2) is 6.29 Å². The normalized spacial score (nSPS) is 10.6. The molecule has 1 N–H and O–H groups in total. The second-order valence-electron chi connectivity index (χ2n) is 2.52. The van der Waals surface area contributed by atoms with E-state index in [1.807, 2.05) is 0 Å². The van der Waals surface area contributed by atoms with Gasteiger partial charge in [-0.15, -0.1) is 11.6 Å². The number of pyridine rings is 1. The van der Waals surface area contributed by atoms with Crippen molar-refractivity contribution >= 4 is 17.9 Å². The van der Waals surface area contributed by atoms with E-state index in [1.54, 1.807) is 0 Å². The lowest BCUT2D eigenvalue weighted by Crippen LogP contribution is -2.16. The molecule has 1 aromatic rings. The fraction of sp³-hybridized carbons (Fsp3) is 0.250. The molecule has 0 aliphatic heterocycles. The smallest absolute Gasteiger partial charge is 0.265 e. The zero-order valence-electron chi connectivity index (χ0n) is 6.89. The summed E-state index contributed by atoms with van der Waals surface area (Å²) >= 11 is 5.39. The number of aromatic nitrogens is 1. The fourth-order valence-corrected chi connectivity index (χ4v) is 1.31. The molecule has 3 nitrogen and oxygen atoms in total. The molecule has 76 valence electrons. The van der Waals surface area contributed by atoms with E-state index in [4.69, 9.17) is 11.6 Å². The predicted octanol–water partition coefficient (Wildman–Crippen LogP) is 1.86. The Morgan fingerprint density at radius 1 is 1.57 bits per heavy atom. The third-order valence-corrected chi connectivity index (χ3v) is 2.03. The number of hydrogen-bond donors (Lipinski definition) is 1. The van der Waals surface area contributed by atoms with Crippen LogP contribution in [0.3, 0.4) is 0 Å². The summed E-state index contributed by atoms with van der Waals surface area (Å²) < 4.78 is 24.9. The van der Waals surface area contributed by atoms with Gasteiger partial charge in [-0.1, -0.05) is 0 Å². The lowest BCUT2D eigenvalue weighted by Gasteiger charge is -2.07. The molecule has 0 aromatic carbocycles. The van der Waals surface area contributed by atoms with Crippen molar-refractivity contribution in [3.63, 3.8) is 0 Å². The van der Waals surface area contributed by atoms with E-state index in [9.17, 15) is 18.4 Å². The van der Waals surface area contributed by atoms with Gasteiger partial charge in [0, 0.05) is 17.6 Å². The monoisotopic (exact) mass is 221 g/mol. The quantitative estimate of drug-likeness (QED) is 0.626. The van der Waals surface area contributed by atoms with Crippen LogP contribution in [-0.2, 0) is 5.88 Å². The molecule has 0 amide bonds. The summed E-state index contributed by atoms with van der Waals surface area (Å²) in [6.07, 6.45) is -1.69. The Hall–Kier alpha value is -1.23. The summed E-state index contributed by atoms with van der Waals surface area (Å²) in [5.74, 6) is -0.183. The molecule has 0 atom stereocenters. The topological polar surface area (TPSA) is 49.9 Å². The van der Waals surface area contributed by atoms with Crippen LogP contribution in [0, 0.1) is 0 Å². The number of aromatic amines is 1. The molecule has 1 rings (SSSR count). The number of carbonyl (C=O) groups excluding carboxylic acids is 1. The van der Waals surface area contributed by atoms with Crippen molar-refractivity contribution in [2.75, 3.05) is 0 Å². The highest BCUT2D eigenvalue weighted by Gasteiger charge is 2.19. The van der Waals surface area contributed by atoms with Crippen molar-refractivity contribution in [1.29, 1.82) is 0 Å². The summed E-state index contributed by atoms with van der Waals surface area (Å²) in [4.78, 5) is 23.6. The Morgan fingerprint density at radius 3 is 2.64 bits per heavy atom. The Balaban J connectivity index is 3.52. The number of halogens is 3. The molecule has 0 aliphatic rings. The van der Waals surface area contributed by atoms with Gasteiger partial charge in [-0.3, -0.25) is 9.59 Å². The number of rotatable bonds is 3. The van der Waals surface area contributed by atoms with Crippen molar-refractivity contribution in [2.45, 2.75) is 12.3 Å². The molecule has 0 aliphatic carbocycles. The van der Waals surface area contributed by atoms with Gasteiger partial charge in [0.2, 0.25) is 0 Å². The average molecular weight is 222 g/mol. The van der Waals surface area contributed by atoms with Crippen LogP contribution in [0.5, 0.6) is 0 Å². The van der Waals surface area contributed by atoms with Gasteiger partial charge < -0.3 is 4.98 Å². The Kier molecular flexibility index (Phi) is 3.35. The van der Waals surface area contributed by atoms with E-state index in [0.29, 0.717) is 0 Å². The summed E-state index contributed by atoms with van der Waals surface area (Å²) in [7, 11) is 0. The number of hydrogen-bond acceptors (Lipinski definition) is 2. The first-order valence-electron chi connectivity index (χ1n) is 3.65. The minimum Gasteiger partial charge on any atom is -0.328 e. The van der Waals surface area contributed by atoms with Crippen molar-refractivity contribution < 1.29 is 13.6 Å². The van der Waals surface area contributed by atoms with Crippen molar-refractivity contribution in [2.24, 2.45) is 0 Å². The van der Waals surface area contributed by atoms with Crippen LogP contribution >= 0.6 is 11.6 Å². The van der Waals surface area contributed by atoms with Crippen LogP contribution in [0.1, 0.15) is 27.9 Å². The Morgan fingerprint density at radius 2 is 2.21 bits per heavy atom. The minimum absolute atomic E-state index is 0.0587. The van der Waals surface area contributed by atoms with Gasteiger partial charge in [-0.25, -0.2) is 8.78 Å². The largest absolute Gasteiger partial charge is 0.328 e. The van der Waals surface area contributed by atoms with Gasteiger partial charge in [-0.2, -0.15) is 0 Å². The van der Waals surface area contributed by atoms with Gasteiger partial charge in [0.05, 0.1) is 5.56 Å². The van der Waals surface area contributed by atoms with Crippen LogP contribution in [-0.4, -0.2) is 11.3 Å². The Bertz CT molecular complexity index is 403. The zero-order valence-corrected chi connectivity index (χ0v) is 7.65. The summed E-state index contributed by atoms with van der Waals surface area (Å²) in [5, 5.41) is 0. The standard InChI is InChI=1S/C8H6ClF2NO2/c9-1-4-2-12-8(14)5(3-13)6(4)7(10)11/h2-3,7H,1H2,(H,12,14). The molecular weight excluding hydrogens is 216 g/mol. The zero-order chi connectivity index (χ0) is 10.7. The third-order valence-electron chi connectivity index (χ3n) is 1.74. The van der Waals surface area contributed by atoms with Crippen molar-refractivity contribution in [1.82, 2.24) is 4.98 Å². The first kappa shape index (κ1) is 10.8. The highest BCUT2D eigenvalue weighted by Crippen LogP contribution is 2.24. The second kappa shape index (κ2) is 4.32. The maximum absolute atomic E-state index is 12.5. The third kappa shape index (κ3) is 1.82. The van der Waals surface area contributed by atoms with Gasteiger partial charge in [0.25, 0.3) is 12.0 Å². The van der Waals surface area contributed by atoms with E-state index in [1.165, 1.54) is 0 Å². The molecule has 0 unspecified atom stereocenters. The molecule has 0 bridgehead atoms. The number of aldehydes is 1. The number of carbonyl (C=O) groups is 1. The molecule has 0 saturated heterocycles. The van der Waals surface area contributed by atoms with Crippen molar-refractivity contribution in [3.05, 3.63) is 33.2 Å². The summed E-state index contributed by atoms with van der Waals surface area (Å²) in [6.45, 7) is 0. The molecular formula is C8H6ClF2NO2. The van der Waals surface area contributed by atoms with Crippen LogP contribution in [0.25, 0.3) is 0 Å². The van der Waals surface area contributed by atoms with E-state index in [0.717, 1.165) is 6.20 Å². The molecule has 0 spiro atoms. The average Bonchev–Trinajstić information content (AvgIpc) is 2.17. The SMILES string of the molecule is O=Cc1c(C(F)F)c(CCl)c[nH]c1=O. The minimum atomic E-state index is -2.88. The molecule has 1 aromatic heterocycles. The van der Waals surface area contributed by atoms with E-state index in [-0.39, 0.29) is 17.7 Å². The maximum Gasteiger partial charge on any atom is 0.265 e. The number of nitrogens with one attached hydrogen (secondary N) is 1. The highest BCUT2D eigenvalue weighted by molar-refractivity contribution is 6.17. The Labute approximate surface area is 82.7 Å². The number of alkyl halides is 3. The summed E-state index contributed by atoms with van der Waals surface area (Å²) in [6, 6.07) is 0. The van der Waals surface area contributed by atoms with Crippen LogP contribution in [0.15, 0.2) is 11.0 Å². The first-order valence-corrected chi connectivity index (χ1v) is 4.19. The lowest BCUT2D eigenvalue weighted by molar-refractivity contribution is 0.110. The van der Waals surface area contributed by atoms with Crippen LogP contribution in [0.2, 0.25) is 0 Å². The van der Waals surface area contributed by atoms with Crippen LogP contribution in [0.4, 0.5) is 8.78 Å². The van der Waals surface area contributed by atoms with Gasteiger partial charge in [-0.05, 0) is 5.56 Å². The van der Waals surface area contributed by atoms with E-state index in [2.05, 4.69) is 4.98 Å². The second-order valence-corrected chi connectivity index (χ2v) is 2.79. The molecule has 0 radical (unpaired) electrons. The lowest BCUT2D eigenvalue weighted by atomic mass is 10.1. The number of H-pyrrole nitrogens is 1. The molecule has 14 heavy (non-hydrogen) atoms. The van der Waals surface area contributed by atoms with Gasteiger partial charge in [0.1, 0.15) is 0 Å². The predicted molar refractivity (Wildman–Crippen MR) is 47.0 cm³/mol. The fourth-order valence-electron chi connectivity index (χ4n) is 1.09. The molecule has 0 fully saturated rings. The van der Waals surface area contributed by atoms with E-state index >= 15 is 0 Å². The maximum atomic E-state index is 12.5. The van der Waals surface area contributed by atoms with Crippen LogP contribution < -0.4 is 5.56 Å². The highest BCUT2D eigenvalue weighted by atomic mass is 35.5. The van der Waals surface area contributed by atoms with Crippen molar-refractivity contribution in [3.8, 4) is 0 Å². The summed E-state index contributed by atoms with van der Waals surface area (Å²) in [5.41, 5.74) is -1.91. The van der Waals surface area contributed by atoms with Gasteiger partial charge >= 0.3 is 0 Å². The first-order chi connectivity index (χ1) is 6.61. The van der Waals surface area contributed by atoms with E-state index < -0.39 is 23.1 Å². The molecule has 1 heterocycles. The molecule has 6 heteroatoms. The molecule has 0 saturated carbocycles.